The summed E-state index contributed by atoms with van der Waals surface area (Å²) in [7, 11) is -3.75. The molecule has 1 N–H and O–H groups in total. The third kappa shape index (κ3) is 3.34. The fraction of sp³-hybridized carbons (Fsp3) is 0.150. The summed E-state index contributed by atoms with van der Waals surface area (Å²) in [5.74, 6) is 0. The van der Waals surface area contributed by atoms with E-state index in [9.17, 15) is 8.42 Å². The van der Waals surface area contributed by atoms with Crippen molar-refractivity contribution in [2.45, 2.75) is 25.7 Å². The number of hydrogen-bond donors (Lipinski definition) is 1. The van der Waals surface area contributed by atoms with E-state index in [-0.39, 0.29) is 4.90 Å². The van der Waals surface area contributed by atoms with Gasteiger partial charge < -0.3 is 0 Å². The average molecular weight is 393 g/mol. The molecule has 2 aromatic heterocycles. The molecule has 0 bridgehead atoms. The minimum absolute atomic E-state index is 0.218. The van der Waals surface area contributed by atoms with Crippen molar-refractivity contribution in [2.24, 2.45) is 0 Å². The highest BCUT2D eigenvalue weighted by Gasteiger charge is 2.19. The van der Waals surface area contributed by atoms with Gasteiger partial charge in [-0.2, -0.15) is 9.61 Å². The summed E-state index contributed by atoms with van der Waals surface area (Å²) in [6.45, 7) is 5.63. The standard InChI is InChI=1S/C20H19N5O2S/c1-13-4-7-17(15(3)10-13)24-28(26,27)19-11-16(6-5-14(19)2)18-8-9-20-22-21-12-25(20)23-18/h4-12,24H,1-3H3. The van der Waals surface area contributed by atoms with Crippen LogP contribution >= 0.6 is 0 Å². The number of aromatic nitrogens is 4. The lowest BCUT2D eigenvalue weighted by molar-refractivity contribution is 0.600. The van der Waals surface area contributed by atoms with Crippen LogP contribution in [0.5, 0.6) is 0 Å². The molecule has 0 unspecified atom stereocenters. The topological polar surface area (TPSA) is 89.2 Å². The monoisotopic (exact) mass is 393 g/mol. The minimum atomic E-state index is -3.75. The molecule has 0 aliphatic rings. The number of hydrogen-bond acceptors (Lipinski definition) is 5. The Kier molecular flexibility index (Phi) is 4.35. The number of rotatable bonds is 4. The third-order valence-corrected chi connectivity index (χ3v) is 6.07. The van der Waals surface area contributed by atoms with Crippen molar-refractivity contribution in [2.75, 3.05) is 4.72 Å². The van der Waals surface area contributed by atoms with E-state index in [0.717, 1.165) is 11.1 Å². The van der Waals surface area contributed by atoms with E-state index in [4.69, 9.17) is 0 Å². The number of benzene rings is 2. The van der Waals surface area contributed by atoms with Crippen molar-refractivity contribution < 1.29 is 8.42 Å². The van der Waals surface area contributed by atoms with Crippen LogP contribution < -0.4 is 4.72 Å². The van der Waals surface area contributed by atoms with Crippen LogP contribution in [-0.2, 0) is 10.0 Å². The lowest BCUT2D eigenvalue weighted by Gasteiger charge is -2.14. The van der Waals surface area contributed by atoms with Gasteiger partial charge in [0.15, 0.2) is 5.65 Å². The molecule has 8 heteroatoms. The summed E-state index contributed by atoms with van der Waals surface area (Å²) >= 11 is 0. The van der Waals surface area contributed by atoms with Crippen LogP contribution in [0.4, 0.5) is 5.69 Å². The highest BCUT2D eigenvalue weighted by molar-refractivity contribution is 7.92. The Bertz CT molecular complexity index is 1300. The summed E-state index contributed by atoms with van der Waals surface area (Å²) < 4.78 is 30.4. The van der Waals surface area contributed by atoms with E-state index in [1.165, 1.54) is 6.33 Å². The SMILES string of the molecule is Cc1ccc(NS(=O)(=O)c2cc(-c3ccc4nncn4n3)ccc2C)c(C)c1. The lowest BCUT2D eigenvalue weighted by atomic mass is 10.1. The van der Waals surface area contributed by atoms with Crippen molar-refractivity contribution in [3.63, 3.8) is 0 Å². The van der Waals surface area contributed by atoms with E-state index in [1.54, 1.807) is 41.8 Å². The molecule has 7 nitrogen and oxygen atoms in total. The second kappa shape index (κ2) is 6.72. The Labute approximate surface area is 163 Å². The van der Waals surface area contributed by atoms with Crippen molar-refractivity contribution in [1.29, 1.82) is 0 Å². The number of fused-ring (bicyclic) bond motifs is 1. The van der Waals surface area contributed by atoms with Crippen LogP contribution in [0.2, 0.25) is 0 Å². The number of aryl methyl sites for hydroxylation is 3. The molecule has 0 radical (unpaired) electrons. The molecule has 4 rings (SSSR count). The van der Waals surface area contributed by atoms with Gasteiger partial charge in [-0.3, -0.25) is 4.72 Å². The first-order valence-electron chi connectivity index (χ1n) is 8.72. The first-order chi connectivity index (χ1) is 13.3. The van der Waals surface area contributed by atoms with Crippen LogP contribution in [-0.4, -0.2) is 28.2 Å². The van der Waals surface area contributed by atoms with Crippen molar-refractivity contribution in [1.82, 2.24) is 19.8 Å². The molecule has 0 amide bonds. The molecule has 28 heavy (non-hydrogen) atoms. The van der Waals surface area contributed by atoms with Crippen LogP contribution in [0.25, 0.3) is 16.9 Å². The smallest absolute Gasteiger partial charge is 0.262 e. The predicted molar refractivity (Wildman–Crippen MR) is 108 cm³/mol. The maximum atomic E-state index is 13.1. The van der Waals surface area contributed by atoms with Gasteiger partial charge in [-0.1, -0.05) is 29.8 Å². The fourth-order valence-electron chi connectivity index (χ4n) is 3.06. The van der Waals surface area contributed by atoms with Crippen molar-refractivity contribution in [3.8, 4) is 11.3 Å². The Morgan fingerprint density at radius 3 is 2.54 bits per heavy atom. The molecule has 142 valence electrons. The first-order valence-corrected chi connectivity index (χ1v) is 10.2. The Morgan fingerprint density at radius 1 is 0.929 bits per heavy atom. The van der Waals surface area contributed by atoms with Crippen molar-refractivity contribution >= 4 is 21.4 Å². The zero-order chi connectivity index (χ0) is 19.9. The van der Waals surface area contributed by atoms with E-state index < -0.39 is 10.0 Å². The third-order valence-electron chi connectivity index (χ3n) is 4.56. The minimum Gasteiger partial charge on any atom is -0.279 e. The second-order valence-electron chi connectivity index (χ2n) is 6.76. The number of nitrogens with one attached hydrogen (secondary N) is 1. The molecule has 0 saturated carbocycles. The van der Waals surface area contributed by atoms with Gasteiger partial charge >= 0.3 is 0 Å². The van der Waals surface area contributed by atoms with Gasteiger partial charge in [0.2, 0.25) is 0 Å². The van der Waals surface area contributed by atoms with Gasteiger partial charge in [-0.05, 0) is 56.2 Å². The van der Waals surface area contributed by atoms with Crippen LogP contribution in [0.1, 0.15) is 16.7 Å². The van der Waals surface area contributed by atoms with Crippen molar-refractivity contribution in [3.05, 3.63) is 71.5 Å². The van der Waals surface area contributed by atoms with Gasteiger partial charge in [0.1, 0.15) is 6.33 Å². The van der Waals surface area contributed by atoms with Gasteiger partial charge in [-0.15, -0.1) is 10.2 Å². The molecule has 0 aliphatic heterocycles. The molecular formula is C20H19N5O2S. The molecule has 0 aliphatic carbocycles. The average Bonchev–Trinajstić information content (AvgIpc) is 3.12. The first kappa shape index (κ1) is 18.1. The maximum absolute atomic E-state index is 13.1. The molecule has 0 fully saturated rings. The van der Waals surface area contributed by atoms with E-state index >= 15 is 0 Å². The van der Waals surface area contributed by atoms with Crippen LogP contribution in [0.15, 0.2) is 59.8 Å². The highest BCUT2D eigenvalue weighted by Crippen LogP contribution is 2.27. The maximum Gasteiger partial charge on any atom is 0.262 e. The number of sulfonamides is 1. The van der Waals surface area contributed by atoms with Gasteiger partial charge in [0.25, 0.3) is 10.0 Å². The molecule has 0 atom stereocenters. The highest BCUT2D eigenvalue weighted by atomic mass is 32.2. The number of anilines is 1. The van der Waals surface area contributed by atoms with E-state index in [1.807, 2.05) is 32.0 Å². The predicted octanol–water partition coefficient (Wildman–Crippen LogP) is 3.52. The van der Waals surface area contributed by atoms with Gasteiger partial charge in [0, 0.05) is 5.56 Å². The zero-order valence-electron chi connectivity index (χ0n) is 15.7. The summed E-state index contributed by atoms with van der Waals surface area (Å²) in [6, 6.07) is 14.5. The van der Waals surface area contributed by atoms with E-state index in [2.05, 4.69) is 20.0 Å². The Morgan fingerprint density at radius 2 is 1.75 bits per heavy atom. The lowest BCUT2D eigenvalue weighted by Crippen LogP contribution is -2.15. The summed E-state index contributed by atoms with van der Waals surface area (Å²) in [5, 5.41) is 12.2. The largest absolute Gasteiger partial charge is 0.279 e. The summed E-state index contributed by atoms with van der Waals surface area (Å²) in [5.41, 5.74) is 5.13. The van der Waals surface area contributed by atoms with Gasteiger partial charge in [0.05, 0.1) is 16.3 Å². The quantitative estimate of drug-likeness (QED) is 0.573. The molecule has 0 spiro atoms. The van der Waals surface area contributed by atoms with Gasteiger partial charge in [-0.25, -0.2) is 8.42 Å². The summed E-state index contributed by atoms with van der Waals surface area (Å²) in [6.07, 6.45) is 1.51. The normalized spacial score (nSPS) is 11.7. The zero-order valence-corrected chi connectivity index (χ0v) is 16.5. The number of nitrogens with zero attached hydrogens (tertiary/aromatic N) is 4. The van der Waals surface area contributed by atoms with E-state index in [0.29, 0.717) is 28.2 Å². The molecule has 4 aromatic rings. The fourth-order valence-corrected chi connectivity index (χ4v) is 4.46. The molecule has 0 saturated heterocycles. The molecule has 2 heterocycles. The van der Waals surface area contributed by atoms with Crippen LogP contribution in [0, 0.1) is 20.8 Å². The summed E-state index contributed by atoms with van der Waals surface area (Å²) in [4.78, 5) is 0.218. The van der Waals surface area contributed by atoms with Crippen LogP contribution in [0.3, 0.4) is 0 Å². The Balaban J connectivity index is 1.75. The second-order valence-corrected chi connectivity index (χ2v) is 8.41. The molecule has 2 aromatic carbocycles. The molecular weight excluding hydrogens is 374 g/mol. The Hall–Kier alpha value is -3.26.